The predicted octanol–water partition coefficient (Wildman–Crippen LogP) is 0.263. The Labute approximate surface area is 84.8 Å². The van der Waals surface area contributed by atoms with Crippen LogP contribution in [0.4, 0.5) is 0 Å². The van der Waals surface area contributed by atoms with Gasteiger partial charge in [0.25, 0.3) is 0 Å². The first kappa shape index (κ1) is 11.2. The third-order valence-corrected chi connectivity index (χ3v) is 2.60. The largest absolute Gasteiger partial charge is 0.478 e. The molecule has 1 saturated heterocycles. The minimum atomic E-state index is -0.867. The topological polar surface area (TPSA) is 43.8 Å². The van der Waals surface area contributed by atoms with Crippen molar-refractivity contribution >= 4 is 5.97 Å². The van der Waals surface area contributed by atoms with Crippen LogP contribution in [0.15, 0.2) is 12.2 Å². The van der Waals surface area contributed by atoms with E-state index < -0.39 is 5.97 Å². The Morgan fingerprint density at radius 3 is 2.86 bits per heavy atom. The molecule has 1 aliphatic rings. The highest BCUT2D eigenvalue weighted by molar-refractivity contribution is 5.79. The van der Waals surface area contributed by atoms with Crippen molar-refractivity contribution in [3.63, 3.8) is 0 Å². The third-order valence-electron chi connectivity index (χ3n) is 2.60. The number of carbonyl (C=O) groups is 1. The number of carboxylic acids is 1. The highest BCUT2D eigenvalue weighted by Gasteiger charge is 2.22. The first-order chi connectivity index (χ1) is 6.59. The van der Waals surface area contributed by atoms with Gasteiger partial charge in [0.05, 0.1) is 0 Å². The molecule has 4 nitrogen and oxygen atoms in total. The van der Waals surface area contributed by atoms with Crippen LogP contribution in [0.5, 0.6) is 0 Å². The summed E-state index contributed by atoms with van der Waals surface area (Å²) in [6, 6.07) is 0.619. The summed E-state index contributed by atoms with van der Waals surface area (Å²) in [5.41, 5.74) is 0. The lowest BCUT2D eigenvalue weighted by Crippen LogP contribution is -2.31. The van der Waals surface area contributed by atoms with Crippen molar-refractivity contribution < 1.29 is 9.90 Å². The minimum Gasteiger partial charge on any atom is -0.478 e. The summed E-state index contributed by atoms with van der Waals surface area (Å²) >= 11 is 0. The number of aliphatic carboxylic acids is 1. The lowest BCUT2D eigenvalue weighted by molar-refractivity contribution is -0.131. The second-order valence-corrected chi connectivity index (χ2v) is 3.91. The van der Waals surface area contributed by atoms with E-state index in [2.05, 4.69) is 23.9 Å². The normalized spacial score (nSPS) is 23.8. The first-order valence-corrected chi connectivity index (χ1v) is 4.88. The van der Waals surface area contributed by atoms with Crippen LogP contribution in [0.2, 0.25) is 0 Å². The lowest BCUT2D eigenvalue weighted by Gasteiger charge is -2.19. The van der Waals surface area contributed by atoms with E-state index in [-0.39, 0.29) is 0 Å². The fourth-order valence-electron chi connectivity index (χ4n) is 1.70. The van der Waals surface area contributed by atoms with E-state index in [4.69, 9.17) is 5.11 Å². The standard InChI is InChI=1S/C10H18N2O2/c1-11(2)9-5-7-12(8-9)6-3-4-10(13)14/h3-4,9H,5-8H2,1-2H3,(H,13,14). The molecule has 0 amide bonds. The summed E-state index contributed by atoms with van der Waals surface area (Å²) in [6.07, 6.45) is 4.09. The molecule has 0 aromatic carbocycles. The maximum Gasteiger partial charge on any atom is 0.328 e. The quantitative estimate of drug-likeness (QED) is 0.658. The summed E-state index contributed by atoms with van der Waals surface area (Å²) in [7, 11) is 4.17. The van der Waals surface area contributed by atoms with Gasteiger partial charge in [0.2, 0.25) is 0 Å². The van der Waals surface area contributed by atoms with E-state index >= 15 is 0 Å². The van der Waals surface area contributed by atoms with Crippen molar-refractivity contribution in [3.8, 4) is 0 Å². The van der Waals surface area contributed by atoms with Gasteiger partial charge in [-0.3, -0.25) is 4.90 Å². The van der Waals surface area contributed by atoms with E-state index in [1.54, 1.807) is 6.08 Å². The molecular weight excluding hydrogens is 180 g/mol. The molecule has 14 heavy (non-hydrogen) atoms. The molecule has 0 bridgehead atoms. The molecule has 0 radical (unpaired) electrons. The van der Waals surface area contributed by atoms with Crippen LogP contribution in [0, 0.1) is 0 Å². The SMILES string of the molecule is CN(C)C1CCN(CC=CC(=O)O)C1. The van der Waals surface area contributed by atoms with Crippen LogP contribution in [-0.2, 0) is 4.79 Å². The van der Waals surface area contributed by atoms with Crippen LogP contribution in [0.3, 0.4) is 0 Å². The highest BCUT2D eigenvalue weighted by Crippen LogP contribution is 2.12. The number of nitrogens with zero attached hydrogens (tertiary/aromatic N) is 2. The zero-order valence-corrected chi connectivity index (χ0v) is 8.81. The van der Waals surface area contributed by atoms with Crippen LogP contribution >= 0.6 is 0 Å². The zero-order chi connectivity index (χ0) is 10.6. The van der Waals surface area contributed by atoms with E-state index in [0.717, 1.165) is 19.6 Å². The van der Waals surface area contributed by atoms with Crippen molar-refractivity contribution in [3.05, 3.63) is 12.2 Å². The first-order valence-electron chi connectivity index (χ1n) is 4.88. The summed E-state index contributed by atoms with van der Waals surface area (Å²) in [4.78, 5) is 14.7. The summed E-state index contributed by atoms with van der Waals surface area (Å²) in [5, 5.41) is 8.41. The van der Waals surface area contributed by atoms with Gasteiger partial charge < -0.3 is 10.0 Å². The van der Waals surface area contributed by atoms with Crippen molar-refractivity contribution in [1.82, 2.24) is 9.80 Å². The van der Waals surface area contributed by atoms with E-state index in [1.807, 2.05) is 0 Å². The maximum atomic E-state index is 10.2. The summed E-state index contributed by atoms with van der Waals surface area (Å²) in [5.74, 6) is -0.867. The van der Waals surface area contributed by atoms with Crippen LogP contribution in [0.25, 0.3) is 0 Å². The fourth-order valence-corrected chi connectivity index (χ4v) is 1.70. The number of rotatable bonds is 4. The number of likely N-dealkylation sites (N-methyl/N-ethyl adjacent to an activating group) is 1. The smallest absolute Gasteiger partial charge is 0.328 e. The van der Waals surface area contributed by atoms with Crippen molar-refractivity contribution in [1.29, 1.82) is 0 Å². The average Bonchev–Trinajstić information content (AvgIpc) is 2.52. The Morgan fingerprint density at radius 2 is 2.36 bits per heavy atom. The second-order valence-electron chi connectivity index (χ2n) is 3.91. The summed E-state index contributed by atoms with van der Waals surface area (Å²) < 4.78 is 0. The molecule has 80 valence electrons. The van der Waals surface area contributed by atoms with Gasteiger partial charge in [0.15, 0.2) is 0 Å². The van der Waals surface area contributed by atoms with Crippen LogP contribution < -0.4 is 0 Å². The number of hydrogen-bond acceptors (Lipinski definition) is 3. The fraction of sp³-hybridized carbons (Fsp3) is 0.700. The van der Waals surface area contributed by atoms with Gasteiger partial charge in [-0.15, -0.1) is 0 Å². The molecule has 1 rings (SSSR count). The van der Waals surface area contributed by atoms with Crippen molar-refractivity contribution in [2.75, 3.05) is 33.7 Å². The molecule has 0 aliphatic carbocycles. The molecule has 1 N–H and O–H groups in total. The Morgan fingerprint density at radius 1 is 1.64 bits per heavy atom. The van der Waals surface area contributed by atoms with E-state index in [9.17, 15) is 4.79 Å². The molecule has 0 aromatic heterocycles. The minimum absolute atomic E-state index is 0.619. The predicted molar refractivity (Wildman–Crippen MR) is 55.3 cm³/mol. The molecule has 1 atom stereocenters. The van der Waals surface area contributed by atoms with Gasteiger partial charge in [-0.2, -0.15) is 0 Å². The molecular formula is C10H18N2O2. The van der Waals surface area contributed by atoms with Crippen LogP contribution in [-0.4, -0.2) is 60.6 Å². The molecule has 1 unspecified atom stereocenters. The average molecular weight is 198 g/mol. The summed E-state index contributed by atoms with van der Waals surface area (Å²) in [6.45, 7) is 2.85. The zero-order valence-electron chi connectivity index (χ0n) is 8.81. The Balaban J connectivity index is 2.26. The molecule has 1 heterocycles. The van der Waals surface area contributed by atoms with Gasteiger partial charge in [-0.05, 0) is 20.5 Å². The van der Waals surface area contributed by atoms with Crippen LogP contribution in [0.1, 0.15) is 6.42 Å². The molecule has 0 saturated carbocycles. The Kier molecular flexibility index (Phi) is 4.10. The van der Waals surface area contributed by atoms with Crippen molar-refractivity contribution in [2.45, 2.75) is 12.5 Å². The molecule has 0 spiro atoms. The monoisotopic (exact) mass is 198 g/mol. The van der Waals surface area contributed by atoms with Gasteiger partial charge in [0.1, 0.15) is 0 Å². The van der Waals surface area contributed by atoms with Crippen molar-refractivity contribution in [2.24, 2.45) is 0 Å². The molecule has 1 fully saturated rings. The van der Waals surface area contributed by atoms with E-state index in [0.29, 0.717) is 6.04 Å². The van der Waals surface area contributed by atoms with E-state index in [1.165, 1.54) is 12.5 Å². The molecule has 1 aliphatic heterocycles. The van der Waals surface area contributed by atoms with Gasteiger partial charge in [-0.25, -0.2) is 4.79 Å². The Hall–Kier alpha value is -0.870. The van der Waals surface area contributed by atoms with Gasteiger partial charge in [0, 0.05) is 31.8 Å². The number of hydrogen-bond donors (Lipinski definition) is 1. The molecule has 0 aromatic rings. The third kappa shape index (κ3) is 3.47. The number of carboxylic acid groups (broad SMARTS) is 1. The highest BCUT2D eigenvalue weighted by atomic mass is 16.4. The molecule has 4 heteroatoms. The van der Waals surface area contributed by atoms with Gasteiger partial charge >= 0.3 is 5.97 Å². The Bertz CT molecular complexity index is 226. The maximum absolute atomic E-state index is 10.2. The number of likely N-dealkylation sites (tertiary alicyclic amines) is 1. The second kappa shape index (κ2) is 5.12. The lowest BCUT2D eigenvalue weighted by atomic mass is 10.2. The van der Waals surface area contributed by atoms with Gasteiger partial charge in [-0.1, -0.05) is 6.08 Å².